The Morgan fingerprint density at radius 1 is 1.28 bits per heavy atom. The highest BCUT2D eigenvalue weighted by Gasteiger charge is 2.42. The summed E-state index contributed by atoms with van der Waals surface area (Å²) in [4.78, 5) is 38.9. The molecule has 1 unspecified atom stereocenters. The van der Waals surface area contributed by atoms with E-state index in [2.05, 4.69) is 5.32 Å². The third-order valence-electron chi connectivity index (χ3n) is 4.62. The molecule has 7 heteroatoms. The highest BCUT2D eigenvalue weighted by Crippen LogP contribution is 2.29. The second-order valence-corrected chi connectivity index (χ2v) is 6.59. The molecule has 0 spiro atoms. The molecule has 2 N–H and O–H groups in total. The van der Waals surface area contributed by atoms with E-state index in [1.807, 2.05) is 37.3 Å². The Hall–Kier alpha value is -2.57. The fourth-order valence-electron chi connectivity index (χ4n) is 2.86. The Bertz CT molecular complexity index is 634. The van der Waals surface area contributed by atoms with Crippen LogP contribution in [0.5, 0.6) is 0 Å². The number of likely N-dealkylation sites (tertiary alicyclic amines) is 1. The van der Waals surface area contributed by atoms with Crippen LogP contribution < -0.4 is 5.32 Å². The Morgan fingerprint density at radius 2 is 1.96 bits per heavy atom. The molecule has 1 aromatic carbocycles. The molecule has 1 aliphatic heterocycles. The third-order valence-corrected chi connectivity index (χ3v) is 4.62. The molecule has 0 radical (unpaired) electrons. The van der Waals surface area contributed by atoms with Gasteiger partial charge in [-0.3, -0.25) is 9.59 Å². The summed E-state index contributed by atoms with van der Waals surface area (Å²) in [5, 5.41) is 11.8. The maximum Gasteiger partial charge on any atom is 0.317 e. The fraction of sp³-hybridized carbons (Fsp3) is 0.500. The molecular weight excluding hydrogens is 322 g/mol. The Morgan fingerprint density at radius 3 is 2.52 bits per heavy atom. The Balaban J connectivity index is 1.84. The largest absolute Gasteiger partial charge is 0.481 e. The van der Waals surface area contributed by atoms with Crippen molar-refractivity contribution >= 4 is 17.9 Å². The van der Waals surface area contributed by atoms with Gasteiger partial charge in [-0.25, -0.2) is 4.79 Å². The molecule has 1 aromatic rings. The summed E-state index contributed by atoms with van der Waals surface area (Å²) in [5.74, 6) is -1.07. The van der Waals surface area contributed by atoms with Crippen molar-refractivity contribution in [2.75, 3.05) is 26.2 Å². The highest BCUT2D eigenvalue weighted by molar-refractivity contribution is 5.85. The number of urea groups is 1. The number of aliphatic carboxylic acids is 1. The van der Waals surface area contributed by atoms with E-state index in [0.717, 1.165) is 5.56 Å². The first-order valence-corrected chi connectivity index (χ1v) is 8.43. The first-order chi connectivity index (χ1) is 11.9. The van der Waals surface area contributed by atoms with Crippen molar-refractivity contribution in [2.45, 2.75) is 26.8 Å². The summed E-state index contributed by atoms with van der Waals surface area (Å²) in [6.07, 6.45) is 0.415. The number of nitrogens with one attached hydrogen (secondary N) is 1. The Labute approximate surface area is 147 Å². The molecule has 0 bridgehead atoms. The van der Waals surface area contributed by atoms with Gasteiger partial charge in [0.1, 0.15) is 0 Å². The second-order valence-electron chi connectivity index (χ2n) is 6.59. The van der Waals surface area contributed by atoms with Crippen LogP contribution >= 0.6 is 0 Å². The maximum absolute atomic E-state index is 12.3. The van der Waals surface area contributed by atoms with Gasteiger partial charge in [-0.05, 0) is 25.8 Å². The van der Waals surface area contributed by atoms with E-state index in [0.29, 0.717) is 26.1 Å². The van der Waals surface area contributed by atoms with Crippen molar-refractivity contribution in [3.05, 3.63) is 35.9 Å². The lowest BCUT2D eigenvalue weighted by molar-refractivity contribution is -0.147. The minimum atomic E-state index is -0.913. The monoisotopic (exact) mass is 347 g/mol. The number of likely N-dealkylation sites (N-methyl/N-ethyl adjacent to an activating group) is 1. The molecule has 1 aliphatic rings. The van der Waals surface area contributed by atoms with Gasteiger partial charge in [0.2, 0.25) is 5.91 Å². The minimum absolute atomic E-state index is 0.0974. The lowest BCUT2D eigenvalue weighted by Crippen LogP contribution is -2.45. The van der Waals surface area contributed by atoms with Crippen LogP contribution in [0.15, 0.2) is 30.3 Å². The molecular formula is C18H25N3O4. The topological polar surface area (TPSA) is 90.0 Å². The second kappa shape index (κ2) is 8.00. The zero-order chi connectivity index (χ0) is 18.4. The van der Waals surface area contributed by atoms with Crippen molar-refractivity contribution in [2.24, 2.45) is 5.41 Å². The summed E-state index contributed by atoms with van der Waals surface area (Å²) in [6.45, 7) is 5.00. The van der Waals surface area contributed by atoms with E-state index < -0.39 is 17.4 Å². The van der Waals surface area contributed by atoms with Gasteiger partial charge < -0.3 is 20.2 Å². The third kappa shape index (κ3) is 4.71. The minimum Gasteiger partial charge on any atom is -0.481 e. The molecule has 3 amide bonds. The number of carbonyl (C=O) groups excluding carboxylic acids is 2. The number of hydrogen-bond acceptors (Lipinski definition) is 3. The van der Waals surface area contributed by atoms with Crippen LogP contribution in [0, 0.1) is 5.41 Å². The van der Waals surface area contributed by atoms with Crippen LogP contribution in [0.4, 0.5) is 4.79 Å². The van der Waals surface area contributed by atoms with Gasteiger partial charge in [0.15, 0.2) is 0 Å². The van der Waals surface area contributed by atoms with Gasteiger partial charge in [-0.15, -0.1) is 0 Å². The average molecular weight is 347 g/mol. The van der Waals surface area contributed by atoms with Gasteiger partial charge in [-0.1, -0.05) is 30.3 Å². The van der Waals surface area contributed by atoms with Crippen LogP contribution in [0.1, 0.15) is 25.8 Å². The predicted molar refractivity (Wildman–Crippen MR) is 92.9 cm³/mol. The zero-order valence-electron chi connectivity index (χ0n) is 14.7. The summed E-state index contributed by atoms with van der Waals surface area (Å²) in [5.41, 5.74) is 0.116. The number of benzene rings is 1. The van der Waals surface area contributed by atoms with Gasteiger partial charge >= 0.3 is 12.0 Å². The number of nitrogens with zero attached hydrogens (tertiary/aromatic N) is 2. The standard InChI is InChI=1S/C18H25N3O4/c1-3-20(12-14-7-5-4-6-8-14)15(22)11-19-17(25)21-10-9-18(2,13-21)16(23)24/h4-8H,3,9-13H2,1-2H3,(H,19,25)(H,23,24). The first-order valence-electron chi connectivity index (χ1n) is 8.43. The summed E-state index contributed by atoms with van der Waals surface area (Å²) in [6, 6.07) is 9.26. The van der Waals surface area contributed by atoms with Crippen molar-refractivity contribution in [3.63, 3.8) is 0 Å². The molecule has 1 saturated heterocycles. The van der Waals surface area contributed by atoms with Crippen LogP contribution in [0.3, 0.4) is 0 Å². The fourth-order valence-corrected chi connectivity index (χ4v) is 2.86. The molecule has 0 aromatic heterocycles. The molecule has 7 nitrogen and oxygen atoms in total. The molecule has 136 valence electrons. The molecule has 2 rings (SSSR count). The maximum atomic E-state index is 12.3. The van der Waals surface area contributed by atoms with Gasteiger partial charge in [-0.2, -0.15) is 0 Å². The summed E-state index contributed by atoms with van der Waals surface area (Å²) >= 11 is 0. The molecule has 1 atom stereocenters. The van der Waals surface area contributed by atoms with Crippen LogP contribution in [-0.2, 0) is 16.1 Å². The van der Waals surface area contributed by atoms with E-state index in [-0.39, 0.29) is 19.0 Å². The number of carbonyl (C=O) groups is 3. The van der Waals surface area contributed by atoms with Crippen molar-refractivity contribution in [3.8, 4) is 0 Å². The van der Waals surface area contributed by atoms with Crippen molar-refractivity contribution in [1.29, 1.82) is 0 Å². The number of carboxylic acid groups (broad SMARTS) is 1. The molecule has 1 fully saturated rings. The summed E-state index contributed by atoms with van der Waals surface area (Å²) in [7, 11) is 0. The van der Waals surface area contributed by atoms with Gasteiger partial charge in [0.25, 0.3) is 0 Å². The van der Waals surface area contributed by atoms with E-state index in [9.17, 15) is 19.5 Å². The lowest BCUT2D eigenvalue weighted by atomic mass is 9.90. The van der Waals surface area contributed by atoms with Crippen LogP contribution in [0.2, 0.25) is 0 Å². The van der Waals surface area contributed by atoms with Crippen LogP contribution in [0.25, 0.3) is 0 Å². The average Bonchev–Trinajstić information content (AvgIpc) is 3.02. The van der Waals surface area contributed by atoms with Gasteiger partial charge in [0, 0.05) is 26.2 Å². The number of amides is 3. The molecule has 0 aliphatic carbocycles. The molecule has 0 saturated carbocycles. The number of rotatable bonds is 6. The van der Waals surface area contributed by atoms with E-state index in [1.165, 1.54) is 4.90 Å². The number of hydrogen-bond donors (Lipinski definition) is 2. The van der Waals surface area contributed by atoms with Crippen molar-refractivity contribution < 1.29 is 19.5 Å². The normalized spacial score (nSPS) is 19.5. The van der Waals surface area contributed by atoms with E-state index in [1.54, 1.807) is 11.8 Å². The Kier molecular flexibility index (Phi) is 6.01. The predicted octanol–water partition coefficient (Wildman–Crippen LogP) is 1.54. The van der Waals surface area contributed by atoms with E-state index in [4.69, 9.17) is 0 Å². The van der Waals surface area contributed by atoms with Crippen LogP contribution in [-0.4, -0.2) is 59.0 Å². The molecule has 1 heterocycles. The van der Waals surface area contributed by atoms with Crippen molar-refractivity contribution in [1.82, 2.24) is 15.1 Å². The molecule has 25 heavy (non-hydrogen) atoms. The lowest BCUT2D eigenvalue weighted by Gasteiger charge is -2.23. The van der Waals surface area contributed by atoms with E-state index >= 15 is 0 Å². The quantitative estimate of drug-likeness (QED) is 0.817. The van der Waals surface area contributed by atoms with Gasteiger partial charge in [0.05, 0.1) is 12.0 Å². The smallest absolute Gasteiger partial charge is 0.317 e. The number of carboxylic acids is 1. The summed E-state index contributed by atoms with van der Waals surface area (Å²) < 4.78 is 0. The SMILES string of the molecule is CCN(Cc1ccccc1)C(=O)CNC(=O)N1CCC(C)(C(=O)O)C1. The first kappa shape index (κ1) is 18.8. The highest BCUT2D eigenvalue weighted by atomic mass is 16.4. The zero-order valence-corrected chi connectivity index (χ0v) is 14.7.